The van der Waals surface area contributed by atoms with E-state index in [1.54, 1.807) is 23.1 Å². The molecule has 2 aliphatic rings. The lowest BCUT2D eigenvalue weighted by Gasteiger charge is -2.19. The van der Waals surface area contributed by atoms with E-state index in [1.807, 2.05) is 0 Å². The van der Waals surface area contributed by atoms with Gasteiger partial charge in [-0.2, -0.15) is 4.31 Å². The number of hydrogen-bond acceptors (Lipinski definition) is 6. The Bertz CT molecular complexity index is 1580. The molecule has 2 aliphatic heterocycles. The first-order valence-electron chi connectivity index (χ1n) is 11.8. The summed E-state index contributed by atoms with van der Waals surface area (Å²) in [6.45, 7) is 0.562. The minimum absolute atomic E-state index is 0.0122. The highest BCUT2D eigenvalue weighted by atomic mass is 32.2. The molecule has 1 saturated heterocycles. The third-order valence-electron chi connectivity index (χ3n) is 6.66. The summed E-state index contributed by atoms with van der Waals surface area (Å²) in [4.78, 5) is 51.7. The summed E-state index contributed by atoms with van der Waals surface area (Å²) >= 11 is 0. The largest absolute Gasteiger partial charge is 0.478 e. The third-order valence-corrected chi connectivity index (χ3v) is 8.48. The van der Waals surface area contributed by atoms with Gasteiger partial charge in [0.25, 0.3) is 11.8 Å². The topological polar surface area (TPSA) is 132 Å². The second kappa shape index (κ2) is 9.51. The van der Waals surface area contributed by atoms with Crippen LogP contribution in [0.25, 0.3) is 0 Å². The molecule has 1 N–H and O–H groups in total. The van der Waals surface area contributed by atoms with Crippen molar-refractivity contribution in [2.45, 2.75) is 24.3 Å². The molecular weight excluding hydrogens is 510 g/mol. The number of carbonyl (C=O) groups excluding carboxylic acids is 3. The fourth-order valence-corrected chi connectivity index (χ4v) is 5.77. The molecule has 3 aromatic rings. The van der Waals surface area contributed by atoms with Crippen LogP contribution in [0.2, 0.25) is 0 Å². The van der Waals surface area contributed by atoms with Gasteiger partial charge < -0.3 is 10.0 Å². The first kappa shape index (κ1) is 25.3. The highest BCUT2D eigenvalue weighted by Gasteiger charge is 2.37. The average molecular weight is 534 g/mol. The maximum absolute atomic E-state index is 13.2. The summed E-state index contributed by atoms with van der Waals surface area (Å²) in [6, 6.07) is 16.1. The second-order valence-electron chi connectivity index (χ2n) is 9.08. The molecule has 0 atom stereocenters. The maximum atomic E-state index is 13.2. The van der Waals surface area contributed by atoms with E-state index in [0.717, 1.165) is 15.6 Å². The number of aromatic carboxylic acids is 1. The van der Waals surface area contributed by atoms with Gasteiger partial charge in [0.1, 0.15) is 0 Å². The van der Waals surface area contributed by atoms with E-state index < -0.39 is 27.8 Å². The Balaban J connectivity index is 1.34. The lowest BCUT2D eigenvalue weighted by atomic mass is 10.1. The standard InChI is InChI=1S/C27H23N3O7S/c1-28(38(36,37)21-11-9-19(10-12-21)29-14-2-3-24(29)31)16-17-4-13-22-23(15-17)26(33)30(25(22)32)20-7-5-18(6-8-20)27(34)35/h4-13,15H,2-3,14,16H2,1H3,(H,34,35). The fraction of sp³-hybridized carbons (Fsp3) is 0.185. The molecule has 2 heterocycles. The first-order valence-corrected chi connectivity index (χ1v) is 13.2. The zero-order valence-corrected chi connectivity index (χ0v) is 21.1. The fourth-order valence-electron chi connectivity index (χ4n) is 4.62. The van der Waals surface area contributed by atoms with E-state index in [2.05, 4.69) is 0 Å². The number of nitrogens with zero attached hydrogens (tertiary/aromatic N) is 3. The Morgan fingerprint density at radius 1 is 0.895 bits per heavy atom. The molecule has 0 spiro atoms. The van der Waals surface area contributed by atoms with Crippen molar-refractivity contribution in [3.63, 3.8) is 0 Å². The number of fused-ring (bicyclic) bond motifs is 1. The molecular formula is C27H23N3O7S. The van der Waals surface area contributed by atoms with Gasteiger partial charge in [0, 0.05) is 32.2 Å². The van der Waals surface area contributed by atoms with Crippen LogP contribution in [0.4, 0.5) is 11.4 Å². The van der Waals surface area contributed by atoms with Gasteiger partial charge in [0.15, 0.2) is 0 Å². The van der Waals surface area contributed by atoms with Crippen molar-refractivity contribution in [3.8, 4) is 0 Å². The molecule has 0 radical (unpaired) electrons. The summed E-state index contributed by atoms with van der Waals surface area (Å²) in [5.74, 6) is -2.23. The van der Waals surface area contributed by atoms with Gasteiger partial charge in [-0.25, -0.2) is 18.1 Å². The monoisotopic (exact) mass is 533 g/mol. The van der Waals surface area contributed by atoms with Crippen molar-refractivity contribution >= 4 is 45.1 Å². The summed E-state index contributed by atoms with van der Waals surface area (Å²) in [6.07, 6.45) is 1.25. The molecule has 1 fully saturated rings. The number of carboxylic acid groups (broad SMARTS) is 1. The quantitative estimate of drug-likeness (QED) is 0.462. The normalized spacial score (nSPS) is 15.5. The van der Waals surface area contributed by atoms with Gasteiger partial charge in [-0.3, -0.25) is 14.4 Å². The van der Waals surface area contributed by atoms with E-state index in [9.17, 15) is 27.6 Å². The number of benzene rings is 3. The Kier molecular flexibility index (Phi) is 6.33. The van der Waals surface area contributed by atoms with Gasteiger partial charge in [-0.05, 0) is 72.6 Å². The minimum atomic E-state index is -3.87. The molecule has 0 saturated carbocycles. The van der Waals surface area contributed by atoms with E-state index in [-0.39, 0.29) is 39.7 Å². The number of imide groups is 1. The second-order valence-corrected chi connectivity index (χ2v) is 11.1. The smallest absolute Gasteiger partial charge is 0.335 e. The molecule has 0 bridgehead atoms. The van der Waals surface area contributed by atoms with Crippen molar-refractivity contribution in [1.29, 1.82) is 0 Å². The summed E-state index contributed by atoms with van der Waals surface area (Å²) in [5, 5.41) is 9.08. The summed E-state index contributed by atoms with van der Waals surface area (Å²) in [5.41, 5.74) is 1.74. The molecule has 3 amide bonds. The first-order chi connectivity index (χ1) is 18.1. The van der Waals surface area contributed by atoms with Crippen molar-refractivity contribution in [1.82, 2.24) is 4.31 Å². The molecule has 10 nitrogen and oxygen atoms in total. The van der Waals surface area contributed by atoms with Crippen LogP contribution in [-0.4, -0.2) is 55.1 Å². The zero-order chi connectivity index (χ0) is 27.2. The maximum Gasteiger partial charge on any atom is 0.335 e. The Hall–Kier alpha value is -4.35. The number of amides is 3. The van der Waals surface area contributed by atoms with Crippen LogP contribution in [0.3, 0.4) is 0 Å². The van der Waals surface area contributed by atoms with Gasteiger partial charge in [-0.15, -0.1) is 0 Å². The highest BCUT2D eigenvalue weighted by molar-refractivity contribution is 7.89. The number of hydrogen-bond donors (Lipinski definition) is 1. The average Bonchev–Trinajstić information content (AvgIpc) is 3.44. The number of rotatable bonds is 7. The number of carboxylic acids is 1. The van der Waals surface area contributed by atoms with Gasteiger partial charge in [0.2, 0.25) is 15.9 Å². The van der Waals surface area contributed by atoms with E-state index >= 15 is 0 Å². The highest BCUT2D eigenvalue weighted by Crippen LogP contribution is 2.30. The molecule has 11 heteroatoms. The van der Waals surface area contributed by atoms with Crippen molar-refractivity contribution in [3.05, 3.63) is 89.0 Å². The Morgan fingerprint density at radius 2 is 1.53 bits per heavy atom. The van der Waals surface area contributed by atoms with Gasteiger partial charge in [0.05, 0.1) is 27.3 Å². The van der Waals surface area contributed by atoms with Crippen LogP contribution in [0.5, 0.6) is 0 Å². The van der Waals surface area contributed by atoms with E-state index in [0.29, 0.717) is 24.2 Å². The van der Waals surface area contributed by atoms with Gasteiger partial charge >= 0.3 is 5.97 Å². The van der Waals surface area contributed by atoms with Crippen molar-refractivity contribution < 1.29 is 32.7 Å². The van der Waals surface area contributed by atoms with Crippen LogP contribution in [0.15, 0.2) is 71.6 Å². The molecule has 0 aliphatic carbocycles. The molecule has 194 valence electrons. The van der Waals surface area contributed by atoms with E-state index in [4.69, 9.17) is 5.11 Å². The van der Waals surface area contributed by atoms with Crippen LogP contribution < -0.4 is 9.80 Å². The molecule has 0 unspecified atom stereocenters. The van der Waals surface area contributed by atoms with Crippen molar-refractivity contribution in [2.24, 2.45) is 0 Å². The summed E-state index contributed by atoms with van der Waals surface area (Å²) < 4.78 is 27.5. The summed E-state index contributed by atoms with van der Waals surface area (Å²) in [7, 11) is -2.45. The third kappa shape index (κ3) is 4.35. The minimum Gasteiger partial charge on any atom is -0.478 e. The predicted octanol–water partition coefficient (Wildman–Crippen LogP) is 3.13. The van der Waals surface area contributed by atoms with Crippen molar-refractivity contribution in [2.75, 3.05) is 23.4 Å². The van der Waals surface area contributed by atoms with Gasteiger partial charge in [-0.1, -0.05) is 6.07 Å². The van der Waals surface area contributed by atoms with Crippen LogP contribution in [-0.2, 0) is 21.4 Å². The zero-order valence-electron chi connectivity index (χ0n) is 20.3. The number of carbonyl (C=O) groups is 4. The molecule has 38 heavy (non-hydrogen) atoms. The molecule has 5 rings (SSSR count). The van der Waals surface area contributed by atoms with E-state index in [1.165, 1.54) is 55.6 Å². The lowest BCUT2D eigenvalue weighted by Crippen LogP contribution is -2.29. The predicted molar refractivity (Wildman–Crippen MR) is 138 cm³/mol. The SMILES string of the molecule is CN(Cc1ccc2c(c1)C(=O)N(c1ccc(C(=O)O)cc1)C2=O)S(=O)(=O)c1ccc(N2CCCC2=O)cc1. The van der Waals surface area contributed by atoms with Crippen LogP contribution >= 0.6 is 0 Å². The molecule has 3 aromatic carbocycles. The molecule has 0 aromatic heterocycles. The Morgan fingerprint density at radius 3 is 2.13 bits per heavy atom. The lowest BCUT2D eigenvalue weighted by molar-refractivity contribution is -0.117. The van der Waals surface area contributed by atoms with Crippen LogP contribution in [0.1, 0.15) is 49.5 Å². The number of sulfonamides is 1. The Labute approximate surface area is 218 Å². The van der Waals surface area contributed by atoms with Crippen LogP contribution in [0, 0.1) is 0 Å². The number of anilines is 2.